The Morgan fingerprint density at radius 1 is 1.07 bits per heavy atom. The maximum Gasteiger partial charge on any atom is 0.127 e. The van der Waals surface area contributed by atoms with E-state index in [2.05, 4.69) is 20.9 Å². The molecule has 1 atom stereocenters. The number of hydrogen-bond acceptors (Lipinski definition) is 6. The summed E-state index contributed by atoms with van der Waals surface area (Å²) >= 11 is 0. The van der Waals surface area contributed by atoms with Gasteiger partial charge in [0.2, 0.25) is 0 Å². The van der Waals surface area contributed by atoms with Crippen LogP contribution in [0.3, 0.4) is 0 Å². The second kappa shape index (κ2) is 8.86. The standard InChI is InChI=1S/C23H27N3O3/c1-16-24-12-17(13-25-16)20-6-7-23(22-5-3-2-4-21(20)22)29-15-19(28)14-26-10-8-18(27)9-11-26/h2-7,12-13,18-19,27-28H,8-11,14-15H2,1H3. The van der Waals surface area contributed by atoms with Gasteiger partial charge in [0, 0.05) is 43.0 Å². The van der Waals surface area contributed by atoms with Crippen LogP contribution >= 0.6 is 0 Å². The highest BCUT2D eigenvalue weighted by atomic mass is 16.5. The van der Waals surface area contributed by atoms with Crippen LogP contribution in [0.15, 0.2) is 48.8 Å². The van der Waals surface area contributed by atoms with Crippen molar-refractivity contribution in [3.8, 4) is 16.9 Å². The highest BCUT2D eigenvalue weighted by Gasteiger charge is 2.20. The molecule has 0 spiro atoms. The number of β-amino-alcohol motifs (C(OH)–C–C–N with tert-alkyl or cyclic N) is 1. The van der Waals surface area contributed by atoms with Gasteiger partial charge in [0.15, 0.2) is 0 Å². The summed E-state index contributed by atoms with van der Waals surface area (Å²) in [4.78, 5) is 10.8. The van der Waals surface area contributed by atoms with Gasteiger partial charge < -0.3 is 19.8 Å². The maximum atomic E-state index is 10.4. The fraction of sp³-hybridized carbons (Fsp3) is 0.391. The monoisotopic (exact) mass is 393 g/mol. The van der Waals surface area contributed by atoms with Gasteiger partial charge in [-0.3, -0.25) is 0 Å². The summed E-state index contributed by atoms with van der Waals surface area (Å²) in [5.41, 5.74) is 2.02. The van der Waals surface area contributed by atoms with Gasteiger partial charge in [-0.1, -0.05) is 24.3 Å². The minimum atomic E-state index is -0.575. The number of rotatable bonds is 6. The Morgan fingerprint density at radius 3 is 2.48 bits per heavy atom. The molecule has 2 heterocycles. The number of aromatic nitrogens is 2. The molecule has 0 radical (unpaired) electrons. The van der Waals surface area contributed by atoms with Crippen molar-refractivity contribution in [1.82, 2.24) is 14.9 Å². The number of hydrogen-bond donors (Lipinski definition) is 2. The lowest BCUT2D eigenvalue weighted by atomic mass is 9.99. The number of fused-ring (bicyclic) bond motifs is 1. The topological polar surface area (TPSA) is 78.7 Å². The lowest BCUT2D eigenvalue weighted by Crippen LogP contribution is -2.41. The second-order valence-electron chi connectivity index (χ2n) is 7.67. The summed E-state index contributed by atoms with van der Waals surface area (Å²) < 4.78 is 6.00. The Kier molecular flexibility index (Phi) is 6.04. The SMILES string of the molecule is Cc1ncc(-c2ccc(OCC(O)CN3CCC(O)CC3)c3ccccc23)cn1. The fourth-order valence-electron chi connectivity index (χ4n) is 3.82. The van der Waals surface area contributed by atoms with E-state index in [4.69, 9.17) is 4.74 Å². The van der Waals surface area contributed by atoms with E-state index in [1.165, 1.54) is 0 Å². The number of aliphatic hydroxyl groups is 2. The third kappa shape index (κ3) is 4.72. The van der Waals surface area contributed by atoms with Gasteiger partial charge in [0.1, 0.15) is 24.3 Å². The molecule has 29 heavy (non-hydrogen) atoms. The summed E-state index contributed by atoms with van der Waals surface area (Å²) in [7, 11) is 0. The molecule has 0 aliphatic carbocycles. The van der Waals surface area contributed by atoms with E-state index in [-0.39, 0.29) is 12.7 Å². The van der Waals surface area contributed by atoms with Gasteiger partial charge in [-0.15, -0.1) is 0 Å². The quantitative estimate of drug-likeness (QED) is 0.671. The zero-order valence-corrected chi connectivity index (χ0v) is 16.7. The number of ether oxygens (including phenoxy) is 1. The highest BCUT2D eigenvalue weighted by molar-refractivity contribution is 5.99. The molecule has 1 aliphatic heterocycles. The van der Waals surface area contributed by atoms with Crippen LogP contribution in [0.2, 0.25) is 0 Å². The van der Waals surface area contributed by atoms with Gasteiger partial charge in [0.05, 0.1) is 6.10 Å². The van der Waals surface area contributed by atoms with Crippen molar-refractivity contribution in [2.45, 2.75) is 32.0 Å². The second-order valence-corrected chi connectivity index (χ2v) is 7.67. The van der Waals surface area contributed by atoms with E-state index in [9.17, 15) is 10.2 Å². The molecule has 1 aliphatic rings. The maximum absolute atomic E-state index is 10.4. The normalized spacial score (nSPS) is 16.8. The summed E-state index contributed by atoms with van der Waals surface area (Å²) in [6, 6.07) is 12.0. The molecule has 0 bridgehead atoms. The predicted octanol–water partition coefficient (Wildman–Crippen LogP) is 2.80. The predicted molar refractivity (Wildman–Crippen MR) is 113 cm³/mol. The van der Waals surface area contributed by atoms with Gasteiger partial charge in [-0.2, -0.15) is 0 Å². The van der Waals surface area contributed by atoms with E-state index in [0.717, 1.165) is 59.4 Å². The minimum Gasteiger partial charge on any atom is -0.490 e. The lowest BCUT2D eigenvalue weighted by molar-refractivity contribution is 0.0340. The number of aliphatic hydroxyl groups excluding tert-OH is 2. The van der Waals surface area contributed by atoms with Gasteiger partial charge in [0.25, 0.3) is 0 Å². The Balaban J connectivity index is 1.48. The van der Waals surface area contributed by atoms with Crippen molar-refractivity contribution in [3.63, 3.8) is 0 Å². The first kappa shape index (κ1) is 19.8. The first-order chi connectivity index (χ1) is 14.1. The molecule has 152 valence electrons. The van der Waals surface area contributed by atoms with Gasteiger partial charge in [-0.25, -0.2) is 9.97 Å². The number of likely N-dealkylation sites (tertiary alicyclic amines) is 1. The Hall–Kier alpha value is -2.54. The molecular weight excluding hydrogens is 366 g/mol. The summed E-state index contributed by atoms with van der Waals surface area (Å²) in [6.07, 6.45) is 4.43. The largest absolute Gasteiger partial charge is 0.490 e. The first-order valence-electron chi connectivity index (χ1n) is 10.1. The Morgan fingerprint density at radius 2 is 1.76 bits per heavy atom. The zero-order valence-electron chi connectivity index (χ0n) is 16.7. The molecule has 0 saturated carbocycles. The van der Waals surface area contributed by atoms with Crippen LogP contribution in [0.5, 0.6) is 5.75 Å². The Labute approximate surface area is 170 Å². The van der Waals surface area contributed by atoms with Crippen molar-refractivity contribution < 1.29 is 14.9 Å². The van der Waals surface area contributed by atoms with Crippen LogP contribution in [-0.2, 0) is 0 Å². The minimum absolute atomic E-state index is 0.205. The van der Waals surface area contributed by atoms with Gasteiger partial charge in [-0.05, 0) is 42.8 Å². The van der Waals surface area contributed by atoms with E-state index in [0.29, 0.717) is 6.54 Å². The van der Waals surface area contributed by atoms with E-state index >= 15 is 0 Å². The molecule has 6 nitrogen and oxygen atoms in total. The van der Waals surface area contributed by atoms with Crippen LogP contribution < -0.4 is 4.74 Å². The van der Waals surface area contributed by atoms with Crippen LogP contribution in [0.25, 0.3) is 21.9 Å². The number of piperidine rings is 1. The number of benzene rings is 2. The molecule has 1 saturated heterocycles. The summed E-state index contributed by atoms with van der Waals surface area (Å²) in [5, 5.41) is 22.1. The van der Waals surface area contributed by atoms with E-state index < -0.39 is 6.10 Å². The van der Waals surface area contributed by atoms with Crippen molar-refractivity contribution in [1.29, 1.82) is 0 Å². The highest BCUT2D eigenvalue weighted by Crippen LogP contribution is 2.34. The summed E-state index contributed by atoms with van der Waals surface area (Å²) in [6.45, 7) is 4.29. The Bertz CT molecular complexity index is 953. The van der Waals surface area contributed by atoms with Crippen LogP contribution in [0, 0.1) is 6.92 Å². The van der Waals surface area contributed by atoms with Gasteiger partial charge >= 0.3 is 0 Å². The third-order valence-electron chi connectivity index (χ3n) is 5.43. The molecule has 2 N–H and O–H groups in total. The molecule has 3 aromatic rings. The molecule has 1 unspecified atom stereocenters. The molecule has 4 rings (SSSR count). The van der Waals surface area contributed by atoms with Crippen molar-refractivity contribution in [2.24, 2.45) is 0 Å². The molecule has 1 aromatic heterocycles. The van der Waals surface area contributed by atoms with Crippen LogP contribution in [-0.4, -0.2) is 63.5 Å². The average Bonchev–Trinajstić information content (AvgIpc) is 2.74. The van der Waals surface area contributed by atoms with Crippen molar-refractivity contribution in [3.05, 3.63) is 54.6 Å². The van der Waals surface area contributed by atoms with Crippen LogP contribution in [0.4, 0.5) is 0 Å². The molecule has 6 heteroatoms. The smallest absolute Gasteiger partial charge is 0.127 e. The van der Waals surface area contributed by atoms with E-state index in [1.807, 2.05) is 49.6 Å². The number of aryl methyl sites for hydroxylation is 1. The zero-order chi connectivity index (χ0) is 20.2. The number of nitrogens with zero attached hydrogens (tertiary/aromatic N) is 3. The van der Waals surface area contributed by atoms with Crippen LogP contribution in [0.1, 0.15) is 18.7 Å². The summed E-state index contributed by atoms with van der Waals surface area (Å²) in [5.74, 6) is 1.50. The first-order valence-corrected chi connectivity index (χ1v) is 10.1. The molecule has 0 amide bonds. The van der Waals surface area contributed by atoms with Crippen molar-refractivity contribution >= 4 is 10.8 Å². The van der Waals surface area contributed by atoms with E-state index in [1.54, 1.807) is 0 Å². The fourth-order valence-corrected chi connectivity index (χ4v) is 3.82. The average molecular weight is 393 g/mol. The molecular formula is C23H27N3O3. The molecule has 1 fully saturated rings. The lowest BCUT2D eigenvalue weighted by Gasteiger charge is -2.30. The molecule has 2 aromatic carbocycles. The van der Waals surface area contributed by atoms with Crippen molar-refractivity contribution in [2.75, 3.05) is 26.2 Å². The third-order valence-corrected chi connectivity index (χ3v) is 5.43.